The number of aliphatic carboxylic acids is 1. The second-order valence-electron chi connectivity index (χ2n) is 4.55. The van der Waals surface area contributed by atoms with E-state index in [1.165, 1.54) is 23.6 Å². The number of carbonyl (C=O) groups is 1. The fourth-order valence-corrected chi connectivity index (χ4v) is 2.58. The largest absolute Gasteiger partial charge is 0.549 e. The molecule has 0 N–H and O–H groups in total. The lowest BCUT2D eigenvalue weighted by atomic mass is 10.2. The van der Waals surface area contributed by atoms with Gasteiger partial charge in [-0.05, 0) is 43.3 Å². The molecule has 0 aliphatic carbocycles. The number of halogens is 1. The van der Waals surface area contributed by atoms with Crippen LogP contribution < -0.4 is 5.11 Å². The molecule has 2 heterocycles. The van der Waals surface area contributed by atoms with E-state index in [0.29, 0.717) is 22.1 Å². The fraction of sp³-hybridized carbons (Fsp3) is 0.143. The van der Waals surface area contributed by atoms with Gasteiger partial charge in [0, 0.05) is 10.8 Å². The Hall–Kier alpha value is -2.48. The molecule has 8 heteroatoms. The van der Waals surface area contributed by atoms with Crippen LogP contribution in [0.5, 0.6) is 0 Å². The Kier molecular flexibility index (Phi) is 3.76. The van der Waals surface area contributed by atoms with Gasteiger partial charge in [-0.1, -0.05) is 11.8 Å². The molecular weight excluding hydrogens is 307 g/mol. The second-order valence-corrected chi connectivity index (χ2v) is 5.91. The van der Waals surface area contributed by atoms with Gasteiger partial charge in [0.15, 0.2) is 11.5 Å². The van der Waals surface area contributed by atoms with Crippen LogP contribution >= 0.6 is 11.8 Å². The first-order valence-electron chi connectivity index (χ1n) is 6.40. The van der Waals surface area contributed by atoms with Gasteiger partial charge in [-0.15, -0.1) is 10.2 Å². The molecule has 0 saturated heterocycles. The molecular formula is C14H10FN4O2S-. The molecule has 0 radical (unpaired) electrons. The van der Waals surface area contributed by atoms with Crippen molar-refractivity contribution in [2.75, 3.05) is 0 Å². The van der Waals surface area contributed by atoms with Crippen LogP contribution in [0.4, 0.5) is 4.39 Å². The maximum Gasteiger partial charge on any atom is 0.185 e. The smallest absolute Gasteiger partial charge is 0.185 e. The van der Waals surface area contributed by atoms with Crippen molar-refractivity contribution in [2.24, 2.45) is 0 Å². The minimum atomic E-state index is -1.16. The fourth-order valence-electron chi connectivity index (χ4n) is 1.84. The highest BCUT2D eigenvalue weighted by Crippen LogP contribution is 2.23. The number of thioether (sulfide) groups is 1. The zero-order chi connectivity index (χ0) is 15.7. The molecule has 0 fully saturated rings. The lowest BCUT2D eigenvalue weighted by molar-refractivity contribution is -0.304. The van der Waals surface area contributed by atoms with Crippen molar-refractivity contribution in [3.63, 3.8) is 0 Å². The summed E-state index contributed by atoms with van der Waals surface area (Å²) in [4.78, 5) is 10.8. The van der Waals surface area contributed by atoms with Gasteiger partial charge in [-0.3, -0.25) is 0 Å². The zero-order valence-electron chi connectivity index (χ0n) is 11.4. The van der Waals surface area contributed by atoms with E-state index >= 15 is 0 Å². The van der Waals surface area contributed by atoms with Gasteiger partial charge < -0.3 is 9.90 Å². The number of aromatic nitrogens is 4. The first kappa shape index (κ1) is 14.5. The van der Waals surface area contributed by atoms with Crippen molar-refractivity contribution in [1.29, 1.82) is 0 Å². The number of nitrogens with zero attached hydrogens (tertiary/aromatic N) is 4. The second kappa shape index (κ2) is 5.72. The number of carboxylic acid groups (broad SMARTS) is 1. The molecule has 2 aromatic heterocycles. The zero-order valence-corrected chi connectivity index (χ0v) is 12.2. The van der Waals surface area contributed by atoms with Crippen molar-refractivity contribution >= 4 is 23.4 Å². The van der Waals surface area contributed by atoms with E-state index in [1.54, 1.807) is 24.3 Å². The van der Waals surface area contributed by atoms with Crippen LogP contribution in [0.2, 0.25) is 0 Å². The molecule has 0 aliphatic heterocycles. The third kappa shape index (κ3) is 2.77. The summed E-state index contributed by atoms with van der Waals surface area (Å²) in [5, 5.41) is 22.9. The van der Waals surface area contributed by atoms with Crippen molar-refractivity contribution in [3.8, 4) is 11.4 Å². The Morgan fingerprint density at radius 1 is 1.23 bits per heavy atom. The van der Waals surface area contributed by atoms with Gasteiger partial charge in [-0.2, -0.15) is 9.61 Å². The van der Waals surface area contributed by atoms with E-state index in [-0.39, 0.29) is 5.82 Å². The van der Waals surface area contributed by atoms with Crippen molar-refractivity contribution < 1.29 is 14.3 Å². The van der Waals surface area contributed by atoms with E-state index in [0.717, 1.165) is 11.8 Å². The predicted molar refractivity (Wildman–Crippen MR) is 76.5 cm³/mol. The average Bonchev–Trinajstić information content (AvgIpc) is 2.91. The molecule has 3 aromatic rings. The van der Waals surface area contributed by atoms with Crippen LogP contribution in [0, 0.1) is 5.82 Å². The molecule has 0 saturated carbocycles. The monoisotopic (exact) mass is 317 g/mol. The number of hydrogen-bond acceptors (Lipinski definition) is 6. The minimum absolute atomic E-state index is 0.343. The summed E-state index contributed by atoms with van der Waals surface area (Å²) in [6.45, 7) is 1.53. The van der Waals surface area contributed by atoms with Gasteiger partial charge in [0.2, 0.25) is 0 Å². The number of carboxylic acids is 1. The first-order chi connectivity index (χ1) is 10.5. The summed E-state index contributed by atoms with van der Waals surface area (Å²) in [5.41, 5.74) is 1.18. The third-order valence-corrected chi connectivity index (χ3v) is 3.98. The molecule has 6 nitrogen and oxygen atoms in total. The Bertz CT molecular complexity index is 834. The Labute approximate surface area is 129 Å². The average molecular weight is 317 g/mol. The summed E-state index contributed by atoms with van der Waals surface area (Å²) < 4.78 is 14.5. The molecule has 112 valence electrons. The Morgan fingerprint density at radius 2 is 1.95 bits per heavy atom. The van der Waals surface area contributed by atoms with Crippen LogP contribution in [-0.2, 0) is 4.79 Å². The number of rotatable bonds is 4. The molecule has 22 heavy (non-hydrogen) atoms. The maximum atomic E-state index is 13.0. The van der Waals surface area contributed by atoms with Crippen LogP contribution in [0.3, 0.4) is 0 Å². The number of carbonyl (C=O) groups excluding carboxylic acids is 1. The number of benzene rings is 1. The lowest BCUT2D eigenvalue weighted by Crippen LogP contribution is -2.31. The van der Waals surface area contributed by atoms with Crippen LogP contribution in [0.15, 0.2) is 41.4 Å². The van der Waals surface area contributed by atoms with Gasteiger partial charge in [0.25, 0.3) is 0 Å². The van der Waals surface area contributed by atoms with Crippen molar-refractivity contribution in [1.82, 2.24) is 19.8 Å². The standard InChI is InChI=1S/C14H11FN4O2S/c1-8(14(20)21)22-12-7-6-11-16-17-13(19(11)18-12)9-2-4-10(15)5-3-9/h2-8H,1H3,(H,20,21)/p-1/t8-/m1/s1. The SMILES string of the molecule is C[C@@H](Sc1ccc2nnc(-c3ccc(F)cc3)n2n1)C(=O)[O-]. The molecule has 1 atom stereocenters. The Balaban J connectivity index is 2.01. The highest BCUT2D eigenvalue weighted by molar-refractivity contribution is 8.00. The first-order valence-corrected chi connectivity index (χ1v) is 7.28. The summed E-state index contributed by atoms with van der Waals surface area (Å²) in [7, 11) is 0. The molecule has 0 spiro atoms. The molecule has 1 aromatic carbocycles. The van der Waals surface area contributed by atoms with Gasteiger partial charge in [0.1, 0.15) is 10.8 Å². The topological polar surface area (TPSA) is 83.2 Å². The van der Waals surface area contributed by atoms with Crippen LogP contribution in [0.25, 0.3) is 17.0 Å². The van der Waals surface area contributed by atoms with Gasteiger partial charge in [0.05, 0.1) is 5.97 Å². The van der Waals surface area contributed by atoms with Crippen LogP contribution in [-0.4, -0.2) is 31.0 Å². The van der Waals surface area contributed by atoms with E-state index in [2.05, 4.69) is 15.3 Å². The van der Waals surface area contributed by atoms with Crippen molar-refractivity contribution in [3.05, 3.63) is 42.2 Å². The van der Waals surface area contributed by atoms with Gasteiger partial charge in [-0.25, -0.2) is 4.39 Å². The lowest BCUT2D eigenvalue weighted by Gasteiger charge is -2.11. The predicted octanol–water partition coefficient (Wildman–Crippen LogP) is 1.16. The normalized spacial score (nSPS) is 12.5. The van der Waals surface area contributed by atoms with E-state index in [9.17, 15) is 14.3 Å². The van der Waals surface area contributed by atoms with Crippen LogP contribution in [0.1, 0.15) is 6.92 Å². The molecule has 0 aliphatic rings. The van der Waals surface area contributed by atoms with E-state index < -0.39 is 11.2 Å². The summed E-state index contributed by atoms with van der Waals surface area (Å²) >= 11 is 1.07. The number of hydrogen-bond donors (Lipinski definition) is 0. The third-order valence-electron chi connectivity index (χ3n) is 2.97. The quantitative estimate of drug-likeness (QED) is 0.672. The number of fused-ring (bicyclic) bond motifs is 1. The van der Waals surface area contributed by atoms with Gasteiger partial charge >= 0.3 is 0 Å². The summed E-state index contributed by atoms with van der Waals surface area (Å²) in [6, 6.07) is 9.18. The molecule has 3 rings (SSSR count). The maximum absolute atomic E-state index is 13.0. The summed E-state index contributed by atoms with van der Waals surface area (Å²) in [6.07, 6.45) is 0. The molecule has 0 unspecified atom stereocenters. The molecule has 0 amide bonds. The highest BCUT2D eigenvalue weighted by atomic mass is 32.2. The highest BCUT2D eigenvalue weighted by Gasteiger charge is 2.12. The van der Waals surface area contributed by atoms with E-state index in [1.807, 2.05) is 0 Å². The minimum Gasteiger partial charge on any atom is -0.549 e. The molecule has 0 bridgehead atoms. The summed E-state index contributed by atoms with van der Waals surface area (Å²) in [5.74, 6) is -1.04. The Morgan fingerprint density at radius 3 is 2.64 bits per heavy atom. The van der Waals surface area contributed by atoms with Crippen molar-refractivity contribution in [2.45, 2.75) is 17.2 Å². The van der Waals surface area contributed by atoms with E-state index in [4.69, 9.17) is 0 Å².